The number of aryl methyl sites for hydroxylation is 1. The van der Waals surface area contributed by atoms with Crippen molar-refractivity contribution in [3.63, 3.8) is 0 Å². The molecule has 24 heavy (non-hydrogen) atoms. The zero-order valence-electron chi connectivity index (χ0n) is 14.3. The van der Waals surface area contributed by atoms with Gasteiger partial charge in [0.2, 0.25) is 0 Å². The van der Waals surface area contributed by atoms with Crippen LogP contribution in [0.15, 0.2) is 24.3 Å². The van der Waals surface area contributed by atoms with Gasteiger partial charge in [0.05, 0.1) is 17.7 Å². The number of aromatic carboxylic acids is 1. The average molecular weight is 330 g/mol. The number of benzene rings is 1. The summed E-state index contributed by atoms with van der Waals surface area (Å²) in [7, 11) is 1.53. The molecule has 0 fully saturated rings. The molecule has 0 spiro atoms. The third-order valence-electron chi connectivity index (χ3n) is 3.94. The van der Waals surface area contributed by atoms with Gasteiger partial charge in [-0.05, 0) is 50.6 Å². The Bertz CT molecular complexity index is 778. The Morgan fingerprint density at radius 1 is 1.21 bits per heavy atom. The van der Waals surface area contributed by atoms with Crippen molar-refractivity contribution in [2.75, 3.05) is 12.4 Å². The maximum absolute atomic E-state index is 12.6. The topological polar surface area (TPSA) is 80.6 Å². The maximum atomic E-state index is 12.6. The minimum absolute atomic E-state index is 0.110. The number of rotatable bonds is 6. The van der Waals surface area contributed by atoms with Gasteiger partial charge in [0, 0.05) is 30.7 Å². The minimum atomic E-state index is -1.05. The highest BCUT2D eigenvalue weighted by Crippen LogP contribution is 2.20. The fraction of sp³-hybridized carbons (Fsp3) is 0.333. The van der Waals surface area contributed by atoms with E-state index in [1.165, 1.54) is 19.2 Å². The summed E-state index contributed by atoms with van der Waals surface area (Å²) in [5, 5.41) is 12.0. The number of nitrogens with one attached hydrogen (secondary N) is 1. The van der Waals surface area contributed by atoms with Crippen molar-refractivity contribution in [1.29, 1.82) is 0 Å². The second kappa shape index (κ2) is 7.31. The fourth-order valence-corrected chi connectivity index (χ4v) is 2.85. The summed E-state index contributed by atoms with van der Waals surface area (Å²) in [6, 6.07) is 6.53. The molecule has 0 aliphatic carbocycles. The molecule has 0 aliphatic rings. The van der Waals surface area contributed by atoms with E-state index in [1.54, 1.807) is 6.07 Å². The van der Waals surface area contributed by atoms with Crippen molar-refractivity contribution in [2.24, 2.45) is 0 Å². The van der Waals surface area contributed by atoms with E-state index in [9.17, 15) is 14.7 Å². The Kier molecular flexibility index (Phi) is 5.41. The normalized spacial score (nSPS) is 10.7. The lowest BCUT2D eigenvalue weighted by molar-refractivity contribution is 0.0696. The second-order valence-corrected chi connectivity index (χ2v) is 5.64. The van der Waals surface area contributed by atoms with Gasteiger partial charge in [0.15, 0.2) is 0 Å². The lowest BCUT2D eigenvalue weighted by atomic mass is 10.1. The summed E-state index contributed by atoms with van der Waals surface area (Å²) in [4.78, 5) is 23.8. The lowest BCUT2D eigenvalue weighted by Crippen LogP contribution is -2.14. The maximum Gasteiger partial charge on any atom is 0.335 e. The SMILES string of the molecule is CCn1c(C)cc(C(=O)Nc2cc(COC)cc(C(=O)O)c2)c1C. The molecule has 1 amide bonds. The van der Waals surface area contributed by atoms with E-state index in [0.717, 1.165) is 17.9 Å². The Morgan fingerprint density at radius 3 is 2.46 bits per heavy atom. The highest BCUT2D eigenvalue weighted by atomic mass is 16.5. The largest absolute Gasteiger partial charge is 0.478 e. The lowest BCUT2D eigenvalue weighted by Gasteiger charge is -2.10. The molecule has 0 bridgehead atoms. The molecule has 0 atom stereocenters. The number of amides is 1. The molecule has 0 saturated carbocycles. The Balaban J connectivity index is 2.33. The van der Waals surface area contributed by atoms with E-state index in [4.69, 9.17) is 4.74 Å². The zero-order chi connectivity index (χ0) is 17.9. The highest BCUT2D eigenvalue weighted by molar-refractivity contribution is 6.05. The number of carboxylic acid groups (broad SMARTS) is 1. The first-order valence-electron chi connectivity index (χ1n) is 7.71. The van der Waals surface area contributed by atoms with Gasteiger partial charge in [-0.15, -0.1) is 0 Å². The van der Waals surface area contributed by atoms with Crippen molar-refractivity contribution in [3.05, 3.63) is 52.3 Å². The first-order valence-corrected chi connectivity index (χ1v) is 7.71. The van der Waals surface area contributed by atoms with E-state index >= 15 is 0 Å². The zero-order valence-corrected chi connectivity index (χ0v) is 14.3. The molecule has 1 aromatic heterocycles. The van der Waals surface area contributed by atoms with E-state index < -0.39 is 5.97 Å². The van der Waals surface area contributed by atoms with Crippen LogP contribution in [0.4, 0.5) is 5.69 Å². The van der Waals surface area contributed by atoms with E-state index in [2.05, 4.69) is 9.88 Å². The summed E-state index contributed by atoms with van der Waals surface area (Å²) in [5.41, 5.74) is 3.72. The standard InChI is InChI=1S/C18H22N2O4/c1-5-20-11(2)6-16(12(20)3)17(21)19-15-8-13(10-24-4)7-14(9-15)18(22)23/h6-9H,5,10H2,1-4H3,(H,19,21)(H,22,23). The Labute approximate surface area is 141 Å². The summed E-state index contributed by atoms with van der Waals surface area (Å²) in [6.07, 6.45) is 0. The first kappa shape index (κ1) is 17.7. The summed E-state index contributed by atoms with van der Waals surface area (Å²) >= 11 is 0. The van der Waals surface area contributed by atoms with Crippen LogP contribution in [-0.2, 0) is 17.9 Å². The fourth-order valence-electron chi connectivity index (χ4n) is 2.85. The Hall–Kier alpha value is -2.60. The quantitative estimate of drug-likeness (QED) is 0.852. The van der Waals surface area contributed by atoms with Crippen LogP contribution in [0.3, 0.4) is 0 Å². The number of methoxy groups -OCH3 is 1. The molecular formula is C18H22N2O4. The number of carbonyl (C=O) groups excluding carboxylic acids is 1. The second-order valence-electron chi connectivity index (χ2n) is 5.64. The molecule has 0 saturated heterocycles. The number of nitrogens with zero attached hydrogens (tertiary/aromatic N) is 1. The van der Waals surface area contributed by atoms with Crippen LogP contribution in [0.1, 0.15) is 44.6 Å². The number of anilines is 1. The van der Waals surface area contributed by atoms with Crippen LogP contribution in [0.5, 0.6) is 0 Å². The predicted molar refractivity (Wildman–Crippen MR) is 91.6 cm³/mol. The molecule has 0 unspecified atom stereocenters. The number of carbonyl (C=O) groups is 2. The van der Waals surface area contributed by atoms with Crippen molar-refractivity contribution in [2.45, 2.75) is 33.9 Å². The molecule has 6 heteroatoms. The first-order chi connectivity index (χ1) is 11.4. The molecule has 2 rings (SSSR count). The van der Waals surface area contributed by atoms with Crippen LogP contribution in [0.2, 0.25) is 0 Å². The number of aromatic nitrogens is 1. The molecule has 6 nitrogen and oxygen atoms in total. The van der Waals surface area contributed by atoms with Crippen molar-refractivity contribution in [3.8, 4) is 0 Å². The monoisotopic (exact) mass is 330 g/mol. The van der Waals surface area contributed by atoms with Crippen LogP contribution in [0.25, 0.3) is 0 Å². The van der Waals surface area contributed by atoms with Crippen molar-refractivity contribution >= 4 is 17.6 Å². The van der Waals surface area contributed by atoms with E-state index in [0.29, 0.717) is 16.8 Å². The van der Waals surface area contributed by atoms with E-state index in [-0.39, 0.29) is 18.1 Å². The van der Waals surface area contributed by atoms with Gasteiger partial charge >= 0.3 is 5.97 Å². The predicted octanol–water partition coefficient (Wildman–Crippen LogP) is 3.22. The van der Waals surface area contributed by atoms with Crippen LogP contribution < -0.4 is 5.32 Å². The molecule has 1 aromatic carbocycles. The summed E-state index contributed by atoms with van der Waals surface area (Å²) in [5.74, 6) is -1.30. The van der Waals surface area contributed by atoms with Gasteiger partial charge in [0.1, 0.15) is 0 Å². The number of hydrogen-bond acceptors (Lipinski definition) is 3. The molecule has 128 valence electrons. The smallest absolute Gasteiger partial charge is 0.335 e. The van der Waals surface area contributed by atoms with Crippen molar-refractivity contribution in [1.82, 2.24) is 4.57 Å². The summed E-state index contributed by atoms with van der Waals surface area (Å²) < 4.78 is 7.11. The molecule has 1 heterocycles. The van der Waals surface area contributed by atoms with Gasteiger partial charge in [-0.2, -0.15) is 0 Å². The molecular weight excluding hydrogens is 308 g/mol. The summed E-state index contributed by atoms with van der Waals surface area (Å²) in [6.45, 7) is 6.94. The van der Waals surface area contributed by atoms with Crippen LogP contribution in [0, 0.1) is 13.8 Å². The third-order valence-corrected chi connectivity index (χ3v) is 3.94. The number of hydrogen-bond donors (Lipinski definition) is 2. The van der Waals surface area contributed by atoms with Gasteiger partial charge in [-0.1, -0.05) is 0 Å². The Morgan fingerprint density at radius 2 is 1.92 bits per heavy atom. The molecule has 0 aliphatic heterocycles. The van der Waals surface area contributed by atoms with Crippen LogP contribution in [-0.4, -0.2) is 28.7 Å². The third kappa shape index (κ3) is 3.65. The number of ether oxygens (including phenoxy) is 1. The minimum Gasteiger partial charge on any atom is -0.478 e. The van der Waals surface area contributed by atoms with E-state index in [1.807, 2.05) is 26.8 Å². The highest BCUT2D eigenvalue weighted by Gasteiger charge is 2.16. The van der Waals surface area contributed by atoms with Gasteiger partial charge < -0.3 is 19.7 Å². The molecule has 0 radical (unpaired) electrons. The molecule has 2 N–H and O–H groups in total. The number of carboxylic acids is 1. The van der Waals surface area contributed by atoms with Gasteiger partial charge in [0.25, 0.3) is 5.91 Å². The van der Waals surface area contributed by atoms with Crippen LogP contribution >= 0.6 is 0 Å². The van der Waals surface area contributed by atoms with Gasteiger partial charge in [-0.25, -0.2) is 4.79 Å². The molecule has 2 aromatic rings. The average Bonchev–Trinajstić information content (AvgIpc) is 2.81. The van der Waals surface area contributed by atoms with Crippen molar-refractivity contribution < 1.29 is 19.4 Å². The van der Waals surface area contributed by atoms with Gasteiger partial charge in [-0.3, -0.25) is 4.79 Å².